The third-order valence-electron chi connectivity index (χ3n) is 4.13. The number of para-hydroxylation sites is 2. The van der Waals surface area contributed by atoms with E-state index in [1.807, 2.05) is 37.3 Å². The van der Waals surface area contributed by atoms with Gasteiger partial charge in [-0.15, -0.1) is 0 Å². The molecule has 0 spiro atoms. The molecule has 4 nitrogen and oxygen atoms in total. The van der Waals surface area contributed by atoms with Gasteiger partial charge in [0.25, 0.3) is 5.91 Å². The fourth-order valence-electron chi connectivity index (χ4n) is 2.82. The summed E-state index contributed by atoms with van der Waals surface area (Å²) in [6, 6.07) is 11.2. The SMILES string of the molecule is CCc1ccc(Cl)c(CC)c1NC(=O)[C@H]1COc2ccccc2O1. The number of halogens is 1. The zero-order chi connectivity index (χ0) is 17.1. The second kappa shape index (κ2) is 7.14. The Morgan fingerprint density at radius 3 is 2.62 bits per heavy atom. The Morgan fingerprint density at radius 1 is 1.17 bits per heavy atom. The summed E-state index contributed by atoms with van der Waals surface area (Å²) in [6.07, 6.45) is 0.867. The first kappa shape index (κ1) is 16.7. The summed E-state index contributed by atoms with van der Waals surface area (Å²) in [4.78, 5) is 12.7. The van der Waals surface area contributed by atoms with E-state index in [1.54, 1.807) is 6.07 Å². The molecule has 1 heterocycles. The van der Waals surface area contributed by atoms with Crippen molar-refractivity contribution in [1.29, 1.82) is 0 Å². The number of anilines is 1. The van der Waals surface area contributed by atoms with Crippen molar-refractivity contribution in [3.63, 3.8) is 0 Å². The molecule has 0 saturated heterocycles. The molecule has 3 rings (SSSR count). The molecule has 0 radical (unpaired) electrons. The van der Waals surface area contributed by atoms with Gasteiger partial charge in [-0.2, -0.15) is 0 Å². The molecule has 5 heteroatoms. The van der Waals surface area contributed by atoms with Gasteiger partial charge < -0.3 is 14.8 Å². The lowest BCUT2D eigenvalue weighted by molar-refractivity contribution is -0.125. The monoisotopic (exact) mass is 345 g/mol. The maximum absolute atomic E-state index is 12.7. The molecule has 1 aliphatic heterocycles. The average molecular weight is 346 g/mol. The van der Waals surface area contributed by atoms with Crippen molar-refractivity contribution in [3.05, 3.63) is 52.5 Å². The molecular weight excluding hydrogens is 326 g/mol. The predicted octanol–water partition coefficient (Wildman–Crippen LogP) is 4.24. The maximum Gasteiger partial charge on any atom is 0.269 e. The molecule has 0 fully saturated rings. The molecule has 2 aromatic carbocycles. The highest BCUT2D eigenvalue weighted by molar-refractivity contribution is 6.32. The molecule has 1 aliphatic rings. The molecule has 0 aromatic heterocycles. The minimum atomic E-state index is -0.687. The molecule has 1 atom stereocenters. The predicted molar refractivity (Wildman–Crippen MR) is 95.2 cm³/mol. The van der Waals surface area contributed by atoms with Gasteiger partial charge >= 0.3 is 0 Å². The summed E-state index contributed by atoms with van der Waals surface area (Å²) in [5, 5.41) is 3.66. The summed E-state index contributed by atoms with van der Waals surface area (Å²) in [6.45, 7) is 4.26. The topological polar surface area (TPSA) is 47.6 Å². The lowest BCUT2D eigenvalue weighted by Gasteiger charge is -2.26. The Labute approximate surface area is 146 Å². The number of rotatable bonds is 4. The zero-order valence-electron chi connectivity index (χ0n) is 13.8. The first-order valence-corrected chi connectivity index (χ1v) is 8.51. The Morgan fingerprint density at radius 2 is 1.92 bits per heavy atom. The van der Waals surface area contributed by atoms with Crippen LogP contribution in [-0.4, -0.2) is 18.6 Å². The van der Waals surface area contributed by atoms with Crippen molar-refractivity contribution in [1.82, 2.24) is 0 Å². The van der Waals surface area contributed by atoms with E-state index >= 15 is 0 Å². The van der Waals surface area contributed by atoms with Crippen molar-refractivity contribution in [2.24, 2.45) is 0 Å². The van der Waals surface area contributed by atoms with Gasteiger partial charge in [-0.1, -0.05) is 43.6 Å². The quantitative estimate of drug-likeness (QED) is 0.901. The Balaban J connectivity index is 1.82. The standard InChI is InChI=1S/C19H20ClNO3/c1-3-12-9-10-14(20)13(4-2)18(12)21-19(22)17-11-23-15-7-5-6-8-16(15)24-17/h5-10,17H,3-4,11H2,1-2H3,(H,21,22)/t17-/m1/s1. The second-order valence-electron chi connectivity index (χ2n) is 5.62. The van der Waals surface area contributed by atoms with E-state index < -0.39 is 6.10 Å². The number of amides is 1. The van der Waals surface area contributed by atoms with E-state index in [2.05, 4.69) is 12.2 Å². The van der Waals surface area contributed by atoms with Gasteiger partial charge in [0.05, 0.1) is 0 Å². The van der Waals surface area contributed by atoms with E-state index in [9.17, 15) is 4.79 Å². The van der Waals surface area contributed by atoms with Gasteiger partial charge in [0.1, 0.15) is 6.61 Å². The Bertz CT molecular complexity index is 760. The first-order chi connectivity index (χ1) is 11.6. The third-order valence-corrected chi connectivity index (χ3v) is 4.48. The van der Waals surface area contributed by atoms with Crippen LogP contribution in [0, 0.1) is 0 Å². The van der Waals surface area contributed by atoms with Gasteiger partial charge in [0.2, 0.25) is 6.10 Å². The molecule has 1 amide bonds. The highest BCUT2D eigenvalue weighted by Gasteiger charge is 2.28. The number of aryl methyl sites for hydroxylation is 1. The molecule has 0 bridgehead atoms. The van der Waals surface area contributed by atoms with Crippen LogP contribution in [0.2, 0.25) is 5.02 Å². The highest BCUT2D eigenvalue weighted by atomic mass is 35.5. The number of ether oxygens (including phenoxy) is 2. The molecule has 0 aliphatic carbocycles. The summed E-state index contributed by atoms with van der Waals surface area (Å²) in [5.74, 6) is 1.02. The number of carbonyl (C=O) groups is 1. The lowest BCUT2D eigenvalue weighted by Crippen LogP contribution is -2.40. The van der Waals surface area contributed by atoms with Crippen molar-refractivity contribution in [2.75, 3.05) is 11.9 Å². The molecule has 2 aromatic rings. The van der Waals surface area contributed by atoms with Crippen LogP contribution in [0.15, 0.2) is 36.4 Å². The van der Waals surface area contributed by atoms with E-state index in [0.29, 0.717) is 16.5 Å². The number of hydrogen-bond donors (Lipinski definition) is 1. The minimum Gasteiger partial charge on any atom is -0.485 e. The Hall–Kier alpha value is -2.20. The first-order valence-electron chi connectivity index (χ1n) is 8.13. The number of fused-ring (bicyclic) bond motifs is 1. The van der Waals surface area contributed by atoms with Crippen molar-refractivity contribution in [2.45, 2.75) is 32.8 Å². The molecule has 1 N–H and O–H groups in total. The van der Waals surface area contributed by atoms with Crippen molar-refractivity contribution < 1.29 is 14.3 Å². The maximum atomic E-state index is 12.7. The Kier molecular flexibility index (Phi) is 4.95. The van der Waals surface area contributed by atoms with Crippen molar-refractivity contribution >= 4 is 23.2 Å². The van der Waals surface area contributed by atoms with E-state index in [1.165, 1.54) is 0 Å². The summed E-state index contributed by atoms with van der Waals surface area (Å²) >= 11 is 6.29. The van der Waals surface area contributed by atoms with E-state index in [4.69, 9.17) is 21.1 Å². The van der Waals surface area contributed by atoms with Crippen LogP contribution < -0.4 is 14.8 Å². The fourth-order valence-corrected chi connectivity index (χ4v) is 3.11. The van der Waals surface area contributed by atoms with Crippen LogP contribution in [0.3, 0.4) is 0 Å². The van der Waals surface area contributed by atoms with Crippen LogP contribution >= 0.6 is 11.6 Å². The van der Waals surface area contributed by atoms with Crippen LogP contribution in [0.5, 0.6) is 11.5 Å². The molecule has 0 saturated carbocycles. The van der Waals surface area contributed by atoms with Gasteiger partial charge in [-0.05, 0) is 42.2 Å². The largest absolute Gasteiger partial charge is 0.485 e. The van der Waals surface area contributed by atoms with Crippen LogP contribution in [-0.2, 0) is 17.6 Å². The fraction of sp³-hybridized carbons (Fsp3) is 0.316. The number of benzene rings is 2. The zero-order valence-corrected chi connectivity index (χ0v) is 14.5. The molecule has 126 valence electrons. The lowest BCUT2D eigenvalue weighted by atomic mass is 10.0. The summed E-state index contributed by atoms with van der Waals surface area (Å²) < 4.78 is 11.4. The van der Waals surface area contributed by atoms with Crippen LogP contribution in [0.4, 0.5) is 5.69 Å². The normalized spacial score (nSPS) is 15.9. The number of hydrogen-bond acceptors (Lipinski definition) is 3. The van der Waals surface area contributed by atoms with Gasteiger partial charge in [-0.25, -0.2) is 0 Å². The van der Waals surface area contributed by atoms with Gasteiger partial charge in [0.15, 0.2) is 11.5 Å². The molecular formula is C19H20ClNO3. The smallest absolute Gasteiger partial charge is 0.269 e. The van der Waals surface area contributed by atoms with E-state index in [0.717, 1.165) is 29.7 Å². The summed E-state index contributed by atoms with van der Waals surface area (Å²) in [5.41, 5.74) is 2.79. The van der Waals surface area contributed by atoms with Crippen LogP contribution in [0.25, 0.3) is 0 Å². The highest BCUT2D eigenvalue weighted by Crippen LogP contribution is 2.33. The second-order valence-corrected chi connectivity index (χ2v) is 6.03. The van der Waals surface area contributed by atoms with Gasteiger partial charge in [-0.3, -0.25) is 4.79 Å². The molecule has 24 heavy (non-hydrogen) atoms. The number of carbonyl (C=O) groups excluding carboxylic acids is 1. The summed E-state index contributed by atoms with van der Waals surface area (Å²) in [7, 11) is 0. The van der Waals surface area contributed by atoms with Crippen LogP contribution in [0.1, 0.15) is 25.0 Å². The molecule has 0 unspecified atom stereocenters. The van der Waals surface area contributed by atoms with Gasteiger partial charge in [0, 0.05) is 10.7 Å². The number of nitrogens with one attached hydrogen (secondary N) is 1. The average Bonchev–Trinajstić information content (AvgIpc) is 2.61. The third kappa shape index (κ3) is 3.20. The van der Waals surface area contributed by atoms with Crippen molar-refractivity contribution in [3.8, 4) is 11.5 Å². The van der Waals surface area contributed by atoms with E-state index in [-0.39, 0.29) is 12.5 Å². The minimum absolute atomic E-state index is 0.187.